The maximum atomic E-state index is 6.03. The van der Waals surface area contributed by atoms with Gasteiger partial charge in [-0.2, -0.15) is 5.10 Å². The Kier molecular flexibility index (Phi) is 3.77. The van der Waals surface area contributed by atoms with E-state index >= 15 is 0 Å². The number of nitrogens with zero attached hydrogens (tertiary/aromatic N) is 2. The van der Waals surface area contributed by atoms with Crippen molar-refractivity contribution in [2.75, 3.05) is 5.73 Å². The minimum atomic E-state index is 0.243. The van der Waals surface area contributed by atoms with Gasteiger partial charge in [0.15, 0.2) is 0 Å². The van der Waals surface area contributed by atoms with Crippen molar-refractivity contribution in [1.82, 2.24) is 9.78 Å². The number of nitrogen functional groups attached to an aromatic ring is 1. The maximum absolute atomic E-state index is 6.03. The molecule has 0 unspecified atom stereocenters. The van der Waals surface area contributed by atoms with Crippen LogP contribution in [0.5, 0.6) is 5.75 Å². The molecule has 0 aliphatic carbocycles. The smallest absolute Gasteiger partial charge is 0.138 e. The minimum absolute atomic E-state index is 0.243. The second kappa shape index (κ2) is 5.31. The van der Waals surface area contributed by atoms with E-state index in [0.29, 0.717) is 23.1 Å². The van der Waals surface area contributed by atoms with Gasteiger partial charge in [-0.1, -0.05) is 23.7 Å². The molecule has 4 nitrogen and oxygen atoms in total. The molecule has 0 bridgehead atoms. The van der Waals surface area contributed by atoms with Gasteiger partial charge in [0.25, 0.3) is 0 Å². The fourth-order valence-corrected chi connectivity index (χ4v) is 1.89. The van der Waals surface area contributed by atoms with E-state index in [4.69, 9.17) is 22.1 Å². The number of aromatic nitrogens is 2. The summed E-state index contributed by atoms with van der Waals surface area (Å²) in [5.41, 5.74) is 7.39. The van der Waals surface area contributed by atoms with E-state index in [-0.39, 0.29) is 6.04 Å². The summed E-state index contributed by atoms with van der Waals surface area (Å²) in [7, 11) is 0. The van der Waals surface area contributed by atoms with E-state index in [0.717, 1.165) is 5.69 Å². The van der Waals surface area contributed by atoms with Gasteiger partial charge in [-0.05, 0) is 26.0 Å². The predicted molar refractivity (Wildman–Crippen MR) is 72.8 cm³/mol. The van der Waals surface area contributed by atoms with Gasteiger partial charge in [-0.3, -0.25) is 4.68 Å². The summed E-state index contributed by atoms with van der Waals surface area (Å²) in [6.07, 6.45) is 1.64. The lowest BCUT2D eigenvalue weighted by Crippen LogP contribution is -2.11. The molecule has 0 radical (unpaired) electrons. The van der Waals surface area contributed by atoms with Crippen molar-refractivity contribution in [1.29, 1.82) is 0 Å². The topological polar surface area (TPSA) is 53.1 Å². The third kappa shape index (κ3) is 2.59. The number of nitrogens with two attached hydrogens (primary N) is 1. The van der Waals surface area contributed by atoms with Crippen LogP contribution in [0.2, 0.25) is 5.02 Å². The van der Waals surface area contributed by atoms with Crippen molar-refractivity contribution in [3.63, 3.8) is 0 Å². The lowest BCUT2D eigenvalue weighted by molar-refractivity contribution is 0.288. The van der Waals surface area contributed by atoms with Gasteiger partial charge in [0.1, 0.15) is 12.4 Å². The summed E-state index contributed by atoms with van der Waals surface area (Å²) in [6, 6.07) is 7.60. The molecule has 0 fully saturated rings. The second-order valence-electron chi connectivity index (χ2n) is 4.30. The molecule has 0 aliphatic heterocycles. The zero-order valence-corrected chi connectivity index (χ0v) is 11.2. The first kappa shape index (κ1) is 12.8. The zero-order chi connectivity index (χ0) is 13.1. The second-order valence-corrected chi connectivity index (χ2v) is 4.71. The molecule has 0 spiro atoms. The SMILES string of the molecule is CC(C)n1ncc(N)c1COc1ccccc1Cl. The molecule has 0 atom stereocenters. The van der Waals surface area contributed by atoms with Gasteiger partial charge in [-0.25, -0.2) is 0 Å². The molecule has 0 aliphatic rings. The van der Waals surface area contributed by atoms with Crippen molar-refractivity contribution in [3.8, 4) is 5.75 Å². The van der Waals surface area contributed by atoms with Gasteiger partial charge in [-0.15, -0.1) is 0 Å². The fraction of sp³-hybridized carbons (Fsp3) is 0.308. The Bertz CT molecular complexity index is 537. The van der Waals surface area contributed by atoms with Gasteiger partial charge in [0, 0.05) is 6.04 Å². The van der Waals surface area contributed by atoms with Crippen LogP contribution in [-0.4, -0.2) is 9.78 Å². The Morgan fingerprint density at radius 3 is 2.78 bits per heavy atom. The molecule has 2 N–H and O–H groups in total. The summed E-state index contributed by atoms with van der Waals surface area (Å²) in [4.78, 5) is 0. The van der Waals surface area contributed by atoms with E-state index in [1.54, 1.807) is 12.3 Å². The number of halogens is 1. The van der Waals surface area contributed by atoms with Gasteiger partial charge in [0.05, 0.1) is 22.6 Å². The monoisotopic (exact) mass is 265 g/mol. The molecule has 1 aromatic carbocycles. The zero-order valence-electron chi connectivity index (χ0n) is 10.4. The first-order chi connectivity index (χ1) is 8.59. The largest absolute Gasteiger partial charge is 0.486 e. The lowest BCUT2D eigenvalue weighted by atomic mass is 10.3. The lowest BCUT2D eigenvalue weighted by Gasteiger charge is -2.13. The Hall–Kier alpha value is -1.68. The standard InChI is InChI=1S/C13H16ClN3O/c1-9(2)17-12(11(15)7-16-17)8-18-13-6-4-3-5-10(13)14/h3-7,9H,8,15H2,1-2H3. The molecular weight excluding hydrogens is 250 g/mol. The number of benzene rings is 1. The third-order valence-corrected chi connectivity index (χ3v) is 2.93. The van der Waals surface area contributed by atoms with Crippen LogP contribution < -0.4 is 10.5 Å². The molecule has 1 aromatic heterocycles. The Labute approximate surface area is 111 Å². The minimum Gasteiger partial charge on any atom is -0.486 e. The Morgan fingerprint density at radius 1 is 1.39 bits per heavy atom. The van der Waals surface area contributed by atoms with Crippen LogP contribution in [0.1, 0.15) is 25.6 Å². The highest BCUT2D eigenvalue weighted by Gasteiger charge is 2.12. The van der Waals surface area contributed by atoms with Crippen LogP contribution in [-0.2, 0) is 6.61 Å². The Balaban J connectivity index is 2.16. The van der Waals surface area contributed by atoms with Crippen LogP contribution in [0.25, 0.3) is 0 Å². The molecule has 1 heterocycles. The maximum Gasteiger partial charge on any atom is 0.138 e. The third-order valence-electron chi connectivity index (χ3n) is 2.62. The van der Waals surface area contributed by atoms with Crippen LogP contribution in [0.15, 0.2) is 30.5 Å². The van der Waals surface area contributed by atoms with Crippen molar-refractivity contribution >= 4 is 17.3 Å². The van der Waals surface area contributed by atoms with E-state index in [1.807, 2.05) is 36.7 Å². The normalized spacial score (nSPS) is 10.9. The number of para-hydroxylation sites is 1. The highest BCUT2D eigenvalue weighted by Crippen LogP contribution is 2.25. The van der Waals surface area contributed by atoms with Crippen LogP contribution in [0, 0.1) is 0 Å². The molecule has 0 amide bonds. The highest BCUT2D eigenvalue weighted by molar-refractivity contribution is 6.32. The number of rotatable bonds is 4. The summed E-state index contributed by atoms with van der Waals surface area (Å²) >= 11 is 6.03. The van der Waals surface area contributed by atoms with Gasteiger partial charge < -0.3 is 10.5 Å². The highest BCUT2D eigenvalue weighted by atomic mass is 35.5. The van der Waals surface area contributed by atoms with E-state index < -0.39 is 0 Å². The molecule has 5 heteroatoms. The number of hydrogen-bond acceptors (Lipinski definition) is 3. The molecule has 2 aromatic rings. The molecule has 18 heavy (non-hydrogen) atoms. The van der Waals surface area contributed by atoms with Crippen LogP contribution in [0.4, 0.5) is 5.69 Å². The van der Waals surface area contributed by atoms with E-state index in [1.165, 1.54) is 0 Å². The number of hydrogen-bond donors (Lipinski definition) is 1. The summed E-state index contributed by atoms with van der Waals surface area (Å²) in [5.74, 6) is 0.648. The average Bonchev–Trinajstić information content (AvgIpc) is 2.70. The summed E-state index contributed by atoms with van der Waals surface area (Å²) in [5, 5.41) is 4.82. The summed E-state index contributed by atoms with van der Waals surface area (Å²) in [6.45, 7) is 4.45. The molecule has 2 rings (SSSR count). The predicted octanol–water partition coefficient (Wildman–Crippen LogP) is 3.28. The quantitative estimate of drug-likeness (QED) is 0.923. The average molecular weight is 266 g/mol. The van der Waals surface area contributed by atoms with Crippen molar-refractivity contribution in [2.45, 2.75) is 26.5 Å². The number of ether oxygens (including phenoxy) is 1. The molecule has 0 saturated carbocycles. The van der Waals surface area contributed by atoms with Crippen molar-refractivity contribution < 1.29 is 4.74 Å². The molecule has 0 saturated heterocycles. The van der Waals surface area contributed by atoms with Crippen LogP contribution in [0.3, 0.4) is 0 Å². The molecule has 96 valence electrons. The first-order valence-electron chi connectivity index (χ1n) is 5.78. The van der Waals surface area contributed by atoms with Gasteiger partial charge >= 0.3 is 0 Å². The summed E-state index contributed by atoms with van der Waals surface area (Å²) < 4.78 is 7.53. The van der Waals surface area contributed by atoms with Gasteiger partial charge in [0.2, 0.25) is 0 Å². The first-order valence-corrected chi connectivity index (χ1v) is 6.16. The van der Waals surface area contributed by atoms with Crippen molar-refractivity contribution in [2.24, 2.45) is 0 Å². The van der Waals surface area contributed by atoms with Crippen molar-refractivity contribution in [3.05, 3.63) is 41.2 Å². The van der Waals surface area contributed by atoms with E-state index in [2.05, 4.69) is 5.10 Å². The molecular formula is C13H16ClN3O. The van der Waals surface area contributed by atoms with E-state index in [9.17, 15) is 0 Å². The number of anilines is 1. The van der Waals surface area contributed by atoms with Crippen LogP contribution >= 0.6 is 11.6 Å². The fourth-order valence-electron chi connectivity index (χ4n) is 1.70. The Morgan fingerprint density at radius 2 is 2.11 bits per heavy atom.